The topological polar surface area (TPSA) is 66.6 Å². The Morgan fingerprint density at radius 3 is 2.61 bits per heavy atom. The highest BCUT2D eigenvalue weighted by Gasteiger charge is 2.37. The zero-order valence-corrected chi connectivity index (χ0v) is 11.3. The van der Waals surface area contributed by atoms with Crippen molar-refractivity contribution in [1.82, 2.24) is 4.90 Å². The second-order valence-electron chi connectivity index (χ2n) is 6.03. The molecule has 2 fully saturated rings. The average Bonchev–Trinajstić information content (AvgIpc) is 2.28. The largest absolute Gasteiger partial charge is 0.395 e. The van der Waals surface area contributed by atoms with E-state index in [0.717, 1.165) is 32.1 Å². The fraction of sp³-hybridized carbons (Fsp3) is 0.929. The summed E-state index contributed by atoms with van der Waals surface area (Å²) in [7, 11) is 0. The lowest BCUT2D eigenvalue weighted by Crippen LogP contribution is -2.52. The summed E-state index contributed by atoms with van der Waals surface area (Å²) in [4.78, 5) is 14.5. The lowest BCUT2D eigenvalue weighted by Gasteiger charge is -2.41. The lowest BCUT2D eigenvalue weighted by atomic mass is 9.77. The highest BCUT2D eigenvalue weighted by Crippen LogP contribution is 2.32. The van der Waals surface area contributed by atoms with Crippen LogP contribution in [0, 0.1) is 11.8 Å². The Morgan fingerprint density at radius 2 is 2.06 bits per heavy atom. The Kier molecular flexibility index (Phi) is 4.62. The quantitative estimate of drug-likeness (QED) is 0.790. The summed E-state index contributed by atoms with van der Waals surface area (Å²) in [6, 6.07) is 0.365. The Bertz CT molecular complexity index is 286. The van der Waals surface area contributed by atoms with E-state index in [-0.39, 0.29) is 24.5 Å². The molecule has 0 radical (unpaired) electrons. The minimum Gasteiger partial charge on any atom is -0.395 e. The van der Waals surface area contributed by atoms with Crippen LogP contribution in [0.1, 0.15) is 45.4 Å². The molecule has 0 aromatic carbocycles. The standard InChI is InChI=1S/C14H26N2O2/c1-10-5-6-13(15)12(9-10)14(18)16(7-8-17)11-3-2-4-11/h10-13,17H,2-9,15H2,1H3. The third kappa shape index (κ3) is 2.86. The monoisotopic (exact) mass is 254 g/mol. The van der Waals surface area contributed by atoms with Gasteiger partial charge >= 0.3 is 0 Å². The smallest absolute Gasteiger partial charge is 0.227 e. The molecular weight excluding hydrogens is 228 g/mol. The fourth-order valence-corrected chi connectivity index (χ4v) is 3.18. The van der Waals surface area contributed by atoms with Gasteiger partial charge in [0, 0.05) is 18.6 Å². The first-order chi connectivity index (χ1) is 8.63. The molecule has 0 bridgehead atoms. The molecule has 104 valence electrons. The maximum atomic E-state index is 12.6. The highest BCUT2D eigenvalue weighted by atomic mass is 16.3. The van der Waals surface area contributed by atoms with Gasteiger partial charge in [-0.15, -0.1) is 0 Å². The predicted octanol–water partition coefficient (Wildman–Crippen LogP) is 1.12. The number of hydrogen-bond acceptors (Lipinski definition) is 3. The van der Waals surface area contributed by atoms with E-state index in [2.05, 4.69) is 6.92 Å². The fourth-order valence-electron chi connectivity index (χ4n) is 3.18. The molecule has 4 nitrogen and oxygen atoms in total. The van der Waals surface area contributed by atoms with Crippen LogP contribution in [0.2, 0.25) is 0 Å². The van der Waals surface area contributed by atoms with Crippen molar-refractivity contribution in [3.8, 4) is 0 Å². The number of carbonyl (C=O) groups is 1. The van der Waals surface area contributed by atoms with Crippen LogP contribution in [0.15, 0.2) is 0 Å². The van der Waals surface area contributed by atoms with E-state index in [1.165, 1.54) is 6.42 Å². The number of carbonyl (C=O) groups excluding carboxylic acids is 1. The SMILES string of the molecule is CC1CCC(N)C(C(=O)N(CCO)C2CCC2)C1. The van der Waals surface area contributed by atoms with Crippen molar-refractivity contribution in [2.24, 2.45) is 17.6 Å². The number of nitrogens with two attached hydrogens (primary N) is 1. The van der Waals surface area contributed by atoms with Gasteiger partial charge in [-0.1, -0.05) is 6.92 Å². The van der Waals surface area contributed by atoms with Crippen LogP contribution in [0.5, 0.6) is 0 Å². The van der Waals surface area contributed by atoms with Crippen LogP contribution >= 0.6 is 0 Å². The van der Waals surface area contributed by atoms with E-state index in [9.17, 15) is 4.79 Å². The number of nitrogens with zero attached hydrogens (tertiary/aromatic N) is 1. The average molecular weight is 254 g/mol. The minimum atomic E-state index is -0.0269. The molecule has 0 saturated heterocycles. The van der Waals surface area contributed by atoms with E-state index < -0.39 is 0 Å². The van der Waals surface area contributed by atoms with Crippen LogP contribution < -0.4 is 5.73 Å². The summed E-state index contributed by atoms with van der Waals surface area (Å²) < 4.78 is 0. The number of aliphatic hydroxyl groups excluding tert-OH is 1. The molecule has 3 atom stereocenters. The zero-order chi connectivity index (χ0) is 13.1. The summed E-state index contributed by atoms with van der Waals surface area (Å²) in [6.45, 7) is 2.73. The number of aliphatic hydroxyl groups is 1. The molecule has 18 heavy (non-hydrogen) atoms. The number of rotatable bonds is 4. The van der Waals surface area contributed by atoms with Gasteiger partial charge in [-0.05, 0) is 44.4 Å². The minimum absolute atomic E-state index is 0.00923. The van der Waals surface area contributed by atoms with E-state index in [0.29, 0.717) is 18.5 Å². The van der Waals surface area contributed by atoms with Gasteiger partial charge in [0.15, 0.2) is 0 Å². The van der Waals surface area contributed by atoms with Crippen LogP contribution in [0.3, 0.4) is 0 Å². The number of amides is 1. The van der Waals surface area contributed by atoms with Gasteiger partial charge in [0.2, 0.25) is 5.91 Å². The molecule has 2 rings (SSSR count). The molecule has 2 aliphatic carbocycles. The maximum Gasteiger partial charge on any atom is 0.227 e. The molecule has 3 N–H and O–H groups in total. The molecule has 3 unspecified atom stereocenters. The van der Waals surface area contributed by atoms with Gasteiger partial charge in [-0.2, -0.15) is 0 Å². The lowest BCUT2D eigenvalue weighted by molar-refractivity contribution is -0.142. The molecular formula is C14H26N2O2. The molecule has 0 heterocycles. The Morgan fingerprint density at radius 1 is 1.33 bits per heavy atom. The highest BCUT2D eigenvalue weighted by molar-refractivity contribution is 5.80. The second kappa shape index (κ2) is 6.02. The van der Waals surface area contributed by atoms with Crippen molar-refractivity contribution < 1.29 is 9.90 Å². The van der Waals surface area contributed by atoms with E-state index in [1.54, 1.807) is 0 Å². The molecule has 1 amide bonds. The molecule has 0 aromatic heterocycles. The van der Waals surface area contributed by atoms with Gasteiger partial charge in [0.05, 0.1) is 12.5 Å². The summed E-state index contributed by atoms with van der Waals surface area (Å²) in [6.07, 6.45) is 6.37. The first kappa shape index (κ1) is 13.8. The summed E-state index contributed by atoms with van der Waals surface area (Å²) >= 11 is 0. The predicted molar refractivity (Wildman–Crippen MR) is 70.9 cm³/mol. The van der Waals surface area contributed by atoms with Crippen LogP contribution in [-0.2, 0) is 4.79 Å². The van der Waals surface area contributed by atoms with Gasteiger partial charge in [0.1, 0.15) is 0 Å². The van der Waals surface area contributed by atoms with Crippen molar-refractivity contribution in [3.05, 3.63) is 0 Å². The third-order valence-electron chi connectivity index (χ3n) is 4.62. The van der Waals surface area contributed by atoms with E-state index >= 15 is 0 Å². The van der Waals surface area contributed by atoms with Gasteiger partial charge < -0.3 is 15.7 Å². The Hall–Kier alpha value is -0.610. The summed E-state index contributed by atoms with van der Waals surface area (Å²) in [5, 5.41) is 9.15. The molecule has 0 aromatic rings. The van der Waals surface area contributed by atoms with E-state index in [4.69, 9.17) is 10.8 Å². The summed E-state index contributed by atoms with van der Waals surface area (Å²) in [5.74, 6) is 0.754. The first-order valence-corrected chi connectivity index (χ1v) is 7.30. The Balaban J connectivity index is 2.01. The number of hydrogen-bond donors (Lipinski definition) is 2. The second-order valence-corrected chi connectivity index (χ2v) is 6.03. The van der Waals surface area contributed by atoms with E-state index in [1.807, 2.05) is 4.90 Å². The van der Waals surface area contributed by atoms with Crippen molar-refractivity contribution >= 4 is 5.91 Å². The normalized spacial score (nSPS) is 32.9. The third-order valence-corrected chi connectivity index (χ3v) is 4.62. The zero-order valence-electron chi connectivity index (χ0n) is 11.3. The van der Waals surface area contributed by atoms with Crippen molar-refractivity contribution in [3.63, 3.8) is 0 Å². The molecule has 4 heteroatoms. The van der Waals surface area contributed by atoms with Crippen LogP contribution in [0.25, 0.3) is 0 Å². The van der Waals surface area contributed by atoms with Crippen molar-refractivity contribution in [2.75, 3.05) is 13.2 Å². The molecule has 0 spiro atoms. The molecule has 2 aliphatic rings. The van der Waals surface area contributed by atoms with Gasteiger partial charge in [0.25, 0.3) is 0 Å². The maximum absolute atomic E-state index is 12.6. The molecule has 0 aliphatic heterocycles. The Labute approximate surface area is 110 Å². The van der Waals surface area contributed by atoms with Crippen molar-refractivity contribution in [1.29, 1.82) is 0 Å². The van der Waals surface area contributed by atoms with Gasteiger partial charge in [-0.3, -0.25) is 4.79 Å². The van der Waals surface area contributed by atoms with Crippen LogP contribution in [0.4, 0.5) is 0 Å². The van der Waals surface area contributed by atoms with Crippen molar-refractivity contribution in [2.45, 2.75) is 57.5 Å². The summed E-state index contributed by atoms with van der Waals surface area (Å²) in [5.41, 5.74) is 6.13. The van der Waals surface area contributed by atoms with Gasteiger partial charge in [-0.25, -0.2) is 0 Å². The van der Waals surface area contributed by atoms with Crippen LogP contribution in [-0.4, -0.2) is 41.1 Å². The first-order valence-electron chi connectivity index (χ1n) is 7.30. The molecule has 2 saturated carbocycles.